The number of likely N-dealkylation sites (tertiary alicyclic amines) is 1. The zero-order chi connectivity index (χ0) is 19.9. The van der Waals surface area contributed by atoms with Gasteiger partial charge in [0.2, 0.25) is 5.88 Å². The van der Waals surface area contributed by atoms with E-state index in [-0.39, 0.29) is 6.10 Å². The highest BCUT2D eigenvalue weighted by Crippen LogP contribution is 2.12. The number of aromatic nitrogens is 3. The number of pyridine rings is 1. The van der Waals surface area contributed by atoms with Crippen LogP contribution in [0.4, 0.5) is 0 Å². The van der Waals surface area contributed by atoms with Gasteiger partial charge >= 0.3 is 0 Å². The summed E-state index contributed by atoms with van der Waals surface area (Å²) in [5, 5.41) is 17.8. The lowest BCUT2D eigenvalue weighted by Gasteiger charge is -2.35. The third kappa shape index (κ3) is 5.82. The van der Waals surface area contributed by atoms with Crippen LogP contribution in [0.5, 0.6) is 5.88 Å². The predicted octanol–water partition coefficient (Wildman–Crippen LogP) is 2.45. The highest BCUT2D eigenvalue weighted by molar-refractivity contribution is 5.18. The fraction of sp³-hybridized carbons (Fsp3) is 0.348. The van der Waals surface area contributed by atoms with Crippen molar-refractivity contribution in [3.05, 3.63) is 83.3 Å². The minimum atomic E-state index is -0.136. The quantitative estimate of drug-likeness (QED) is 0.605. The number of hydrogen-bond donors (Lipinski definition) is 1. The van der Waals surface area contributed by atoms with E-state index < -0.39 is 0 Å². The summed E-state index contributed by atoms with van der Waals surface area (Å²) in [5.74, 6) is 0.537. The lowest BCUT2D eigenvalue weighted by Crippen LogP contribution is -2.51. The zero-order valence-corrected chi connectivity index (χ0v) is 16.4. The van der Waals surface area contributed by atoms with Crippen molar-refractivity contribution in [3.8, 4) is 5.88 Å². The van der Waals surface area contributed by atoms with Gasteiger partial charge in [-0.3, -0.25) is 9.88 Å². The monoisotopic (exact) mass is 390 g/mol. The Morgan fingerprint density at radius 1 is 0.862 bits per heavy atom. The molecule has 1 aromatic carbocycles. The first-order valence-corrected chi connectivity index (χ1v) is 10.1. The Morgan fingerprint density at radius 2 is 1.66 bits per heavy atom. The lowest BCUT2D eigenvalue weighted by atomic mass is 10.1. The summed E-state index contributed by atoms with van der Waals surface area (Å²) in [7, 11) is 0. The van der Waals surface area contributed by atoms with Crippen LogP contribution in [0, 0.1) is 0 Å². The Kier molecular flexibility index (Phi) is 6.44. The first-order chi connectivity index (χ1) is 14.2. The van der Waals surface area contributed by atoms with Crippen molar-refractivity contribution >= 4 is 0 Å². The van der Waals surface area contributed by atoms with Crippen LogP contribution in [0.25, 0.3) is 0 Å². The molecular weight excluding hydrogens is 364 g/mol. The molecule has 0 saturated carbocycles. The molecule has 3 heterocycles. The molecule has 0 spiro atoms. The minimum absolute atomic E-state index is 0.136. The molecule has 6 heteroatoms. The molecule has 3 aromatic rings. The van der Waals surface area contributed by atoms with E-state index in [4.69, 9.17) is 4.74 Å². The van der Waals surface area contributed by atoms with Crippen LogP contribution >= 0.6 is 0 Å². The highest BCUT2D eigenvalue weighted by atomic mass is 16.5. The molecule has 1 N–H and O–H groups in total. The molecule has 0 aliphatic carbocycles. The standard InChI is InChI=1S/C23H26N4O2/c28-22-15-27(16-22)13-12-18-6-7-20(24-14-18)8-9-21-10-11-23(26-25-21)29-17-19-4-2-1-3-5-19/h1-7,10-11,14,22,28H,8-9,12-13,15-17H2. The Labute approximate surface area is 171 Å². The normalized spacial score (nSPS) is 14.5. The Balaban J connectivity index is 1.20. The molecule has 0 bridgehead atoms. The van der Waals surface area contributed by atoms with Crippen molar-refractivity contribution in [2.24, 2.45) is 0 Å². The number of hydrogen-bond acceptors (Lipinski definition) is 6. The third-order valence-electron chi connectivity index (χ3n) is 5.10. The fourth-order valence-corrected chi connectivity index (χ4v) is 3.31. The van der Waals surface area contributed by atoms with E-state index in [1.54, 1.807) is 0 Å². The van der Waals surface area contributed by atoms with Gasteiger partial charge in [0.25, 0.3) is 0 Å². The van der Waals surface area contributed by atoms with Gasteiger partial charge in [0.1, 0.15) is 6.61 Å². The molecule has 0 radical (unpaired) electrons. The number of aliphatic hydroxyl groups is 1. The van der Waals surface area contributed by atoms with E-state index in [1.165, 1.54) is 5.56 Å². The predicted molar refractivity (Wildman–Crippen MR) is 111 cm³/mol. The maximum atomic E-state index is 9.32. The number of aliphatic hydroxyl groups excluding tert-OH is 1. The molecule has 6 nitrogen and oxygen atoms in total. The molecule has 4 rings (SSSR count). The number of β-amino-alcohol motifs (C(OH)–C–C–N with tert-alkyl or cyclic N) is 1. The van der Waals surface area contributed by atoms with Crippen LogP contribution in [0.15, 0.2) is 60.8 Å². The Hall–Kier alpha value is -2.83. The van der Waals surface area contributed by atoms with Crippen LogP contribution in [0.3, 0.4) is 0 Å². The van der Waals surface area contributed by atoms with Crippen LogP contribution in [0.1, 0.15) is 22.5 Å². The number of rotatable bonds is 9. The average Bonchev–Trinajstić information content (AvgIpc) is 2.75. The topological polar surface area (TPSA) is 71.4 Å². The van der Waals surface area contributed by atoms with Crippen LogP contribution in [-0.2, 0) is 25.9 Å². The minimum Gasteiger partial charge on any atom is -0.472 e. The van der Waals surface area contributed by atoms with Gasteiger partial charge in [-0.1, -0.05) is 36.4 Å². The number of ether oxygens (including phenoxy) is 1. The van der Waals surface area contributed by atoms with E-state index in [2.05, 4.69) is 32.2 Å². The Morgan fingerprint density at radius 3 is 2.34 bits per heavy atom. The van der Waals surface area contributed by atoms with Crippen LogP contribution in [0.2, 0.25) is 0 Å². The summed E-state index contributed by atoms with van der Waals surface area (Å²) in [6.45, 7) is 3.06. The summed E-state index contributed by atoms with van der Waals surface area (Å²) in [5.41, 5.74) is 4.32. The summed E-state index contributed by atoms with van der Waals surface area (Å²) in [6, 6.07) is 18.1. The van der Waals surface area contributed by atoms with E-state index in [1.807, 2.05) is 48.7 Å². The van der Waals surface area contributed by atoms with E-state index in [0.29, 0.717) is 12.5 Å². The zero-order valence-electron chi connectivity index (χ0n) is 16.4. The van der Waals surface area contributed by atoms with E-state index >= 15 is 0 Å². The van der Waals surface area contributed by atoms with Gasteiger partial charge in [-0.05, 0) is 42.5 Å². The number of aryl methyl sites for hydroxylation is 2. The third-order valence-corrected chi connectivity index (χ3v) is 5.10. The van der Waals surface area contributed by atoms with Gasteiger partial charge in [-0.25, -0.2) is 0 Å². The van der Waals surface area contributed by atoms with Gasteiger partial charge in [0.05, 0.1) is 11.8 Å². The van der Waals surface area contributed by atoms with Gasteiger partial charge in [-0.15, -0.1) is 5.10 Å². The van der Waals surface area contributed by atoms with Crippen molar-refractivity contribution in [3.63, 3.8) is 0 Å². The molecule has 1 fully saturated rings. The lowest BCUT2D eigenvalue weighted by molar-refractivity contribution is 0.00309. The second-order valence-corrected chi connectivity index (χ2v) is 7.46. The molecule has 0 amide bonds. The maximum Gasteiger partial charge on any atom is 0.233 e. The van der Waals surface area contributed by atoms with Gasteiger partial charge in [0.15, 0.2) is 0 Å². The molecule has 29 heavy (non-hydrogen) atoms. The van der Waals surface area contributed by atoms with Crippen LogP contribution in [-0.4, -0.2) is 50.9 Å². The van der Waals surface area contributed by atoms with Crippen molar-refractivity contribution in [1.82, 2.24) is 20.1 Å². The fourth-order valence-electron chi connectivity index (χ4n) is 3.31. The Bertz CT molecular complexity index is 879. The maximum absolute atomic E-state index is 9.32. The molecule has 0 atom stereocenters. The summed E-state index contributed by atoms with van der Waals surface area (Å²) < 4.78 is 5.68. The first-order valence-electron chi connectivity index (χ1n) is 10.1. The van der Waals surface area contributed by atoms with Gasteiger partial charge in [-0.2, -0.15) is 5.10 Å². The molecule has 1 aliphatic heterocycles. The molecular formula is C23H26N4O2. The molecule has 150 valence electrons. The summed E-state index contributed by atoms with van der Waals surface area (Å²) >= 11 is 0. The SMILES string of the molecule is OC1CN(CCc2ccc(CCc3ccc(OCc4ccccc4)nn3)nc2)C1. The summed E-state index contributed by atoms with van der Waals surface area (Å²) in [4.78, 5) is 6.82. The smallest absolute Gasteiger partial charge is 0.233 e. The average molecular weight is 390 g/mol. The second-order valence-electron chi connectivity index (χ2n) is 7.46. The van der Waals surface area contributed by atoms with E-state index in [0.717, 1.165) is 55.8 Å². The highest BCUT2D eigenvalue weighted by Gasteiger charge is 2.23. The van der Waals surface area contributed by atoms with Crippen molar-refractivity contribution in [1.29, 1.82) is 0 Å². The molecule has 0 unspecified atom stereocenters. The molecule has 1 saturated heterocycles. The first kappa shape index (κ1) is 19.5. The second kappa shape index (κ2) is 9.58. The molecule has 1 aliphatic rings. The van der Waals surface area contributed by atoms with Crippen molar-refractivity contribution < 1.29 is 9.84 Å². The van der Waals surface area contributed by atoms with Crippen LogP contribution < -0.4 is 4.74 Å². The molecule has 2 aromatic heterocycles. The van der Waals surface area contributed by atoms with E-state index in [9.17, 15) is 5.11 Å². The van der Waals surface area contributed by atoms with Crippen molar-refractivity contribution in [2.45, 2.75) is 32.0 Å². The van der Waals surface area contributed by atoms with Gasteiger partial charge in [0, 0.05) is 37.6 Å². The summed E-state index contributed by atoms with van der Waals surface area (Å²) in [6.07, 6.45) is 4.41. The van der Waals surface area contributed by atoms with Gasteiger partial charge < -0.3 is 9.84 Å². The van der Waals surface area contributed by atoms with Crippen molar-refractivity contribution in [2.75, 3.05) is 19.6 Å². The number of nitrogens with zero attached hydrogens (tertiary/aromatic N) is 4. The largest absolute Gasteiger partial charge is 0.472 e. The number of benzene rings is 1.